The number of nitrogens with two attached hydrogens (primary N) is 1. The molecule has 0 saturated carbocycles. The summed E-state index contributed by atoms with van der Waals surface area (Å²) in [5, 5.41) is 0. The fraction of sp³-hybridized carbons (Fsp3) is 0.294. The van der Waals surface area contributed by atoms with E-state index in [9.17, 15) is 0 Å². The van der Waals surface area contributed by atoms with Crippen LogP contribution >= 0.6 is 0 Å². The third kappa shape index (κ3) is 3.50. The van der Waals surface area contributed by atoms with Gasteiger partial charge in [0.2, 0.25) is 0 Å². The zero-order chi connectivity index (χ0) is 13.7. The van der Waals surface area contributed by atoms with E-state index in [0.717, 1.165) is 23.5 Å². The lowest BCUT2D eigenvalue weighted by Crippen LogP contribution is -1.94. The van der Waals surface area contributed by atoms with E-state index in [1.165, 1.54) is 18.4 Å². The summed E-state index contributed by atoms with van der Waals surface area (Å²) in [4.78, 5) is 0. The first-order valence-corrected chi connectivity index (χ1v) is 6.82. The Bertz CT molecular complexity index is 531. The molecule has 2 nitrogen and oxygen atoms in total. The molecule has 0 aromatic heterocycles. The van der Waals surface area contributed by atoms with Crippen molar-refractivity contribution >= 4 is 5.69 Å². The van der Waals surface area contributed by atoms with Gasteiger partial charge in [0.1, 0.15) is 5.75 Å². The Hall–Kier alpha value is -1.96. The molecule has 0 aliphatic rings. The molecule has 0 amide bonds. The van der Waals surface area contributed by atoms with Crippen molar-refractivity contribution in [1.82, 2.24) is 0 Å². The van der Waals surface area contributed by atoms with Gasteiger partial charge in [0.15, 0.2) is 5.75 Å². The lowest BCUT2D eigenvalue weighted by atomic mass is 10.1. The van der Waals surface area contributed by atoms with Gasteiger partial charge in [-0.3, -0.25) is 0 Å². The summed E-state index contributed by atoms with van der Waals surface area (Å²) in [6.07, 6.45) is 3.58. The Labute approximate surface area is 115 Å². The first-order valence-electron chi connectivity index (χ1n) is 6.82. The number of hydrogen-bond acceptors (Lipinski definition) is 2. The number of anilines is 1. The van der Waals surface area contributed by atoms with Crippen LogP contribution in [-0.4, -0.2) is 0 Å². The number of unbranched alkanes of at least 4 members (excludes halogenated alkanes) is 1. The highest BCUT2D eigenvalue weighted by Gasteiger charge is 2.04. The van der Waals surface area contributed by atoms with E-state index in [0.29, 0.717) is 5.69 Å². The Balaban J connectivity index is 2.09. The third-order valence-electron chi connectivity index (χ3n) is 3.25. The number of hydrogen-bond donors (Lipinski definition) is 1. The minimum Gasteiger partial charge on any atom is -0.455 e. The van der Waals surface area contributed by atoms with Crippen molar-refractivity contribution < 1.29 is 4.74 Å². The van der Waals surface area contributed by atoms with Crippen molar-refractivity contribution in [2.24, 2.45) is 0 Å². The molecule has 0 saturated heterocycles. The highest BCUT2D eigenvalue weighted by Crippen LogP contribution is 2.29. The molecule has 2 aromatic rings. The van der Waals surface area contributed by atoms with Gasteiger partial charge in [0.25, 0.3) is 0 Å². The maximum atomic E-state index is 6.00. The maximum Gasteiger partial charge on any atom is 0.150 e. The average Bonchev–Trinajstić information content (AvgIpc) is 2.43. The molecule has 0 fully saturated rings. The van der Waals surface area contributed by atoms with Crippen LogP contribution in [0.3, 0.4) is 0 Å². The fourth-order valence-electron chi connectivity index (χ4n) is 1.97. The summed E-state index contributed by atoms with van der Waals surface area (Å²) in [6, 6.07) is 14.1. The predicted octanol–water partition coefficient (Wildman–Crippen LogP) is 4.71. The number of ether oxygens (including phenoxy) is 1. The largest absolute Gasteiger partial charge is 0.455 e. The van der Waals surface area contributed by atoms with Crippen LogP contribution < -0.4 is 10.5 Å². The van der Waals surface area contributed by atoms with Crippen LogP contribution in [0.2, 0.25) is 0 Å². The van der Waals surface area contributed by atoms with Gasteiger partial charge in [-0.1, -0.05) is 37.6 Å². The van der Waals surface area contributed by atoms with Crippen LogP contribution in [0.25, 0.3) is 0 Å². The summed E-state index contributed by atoms with van der Waals surface area (Å²) in [6.45, 7) is 4.19. The molecule has 0 radical (unpaired) electrons. The van der Waals surface area contributed by atoms with Gasteiger partial charge >= 0.3 is 0 Å². The van der Waals surface area contributed by atoms with E-state index in [1.54, 1.807) is 0 Å². The maximum absolute atomic E-state index is 6.00. The van der Waals surface area contributed by atoms with Gasteiger partial charge in [-0.15, -0.1) is 0 Å². The topological polar surface area (TPSA) is 35.2 Å². The van der Waals surface area contributed by atoms with Crippen LogP contribution in [0.5, 0.6) is 11.5 Å². The summed E-state index contributed by atoms with van der Waals surface area (Å²) >= 11 is 0. The van der Waals surface area contributed by atoms with Gasteiger partial charge in [-0.05, 0) is 49.1 Å². The SMILES string of the molecule is CCCCc1ccc(Oc2cccc(C)c2N)cc1. The standard InChI is InChI=1S/C17H21NO/c1-3-4-7-14-9-11-15(12-10-14)19-16-8-5-6-13(2)17(16)18/h5-6,8-12H,3-4,7,18H2,1-2H3. The van der Waals surface area contributed by atoms with E-state index in [1.807, 2.05) is 37.3 Å². The van der Waals surface area contributed by atoms with Crippen LogP contribution in [0.15, 0.2) is 42.5 Å². The lowest BCUT2D eigenvalue weighted by Gasteiger charge is -2.10. The first-order chi connectivity index (χ1) is 9.20. The normalized spacial score (nSPS) is 10.4. The molecule has 2 aromatic carbocycles. The Morgan fingerprint density at radius 2 is 1.79 bits per heavy atom. The summed E-state index contributed by atoms with van der Waals surface area (Å²) < 4.78 is 5.82. The Morgan fingerprint density at radius 3 is 2.47 bits per heavy atom. The highest BCUT2D eigenvalue weighted by atomic mass is 16.5. The van der Waals surface area contributed by atoms with E-state index < -0.39 is 0 Å². The number of nitrogen functional groups attached to an aromatic ring is 1. The number of rotatable bonds is 5. The second kappa shape index (κ2) is 6.28. The second-order valence-electron chi connectivity index (χ2n) is 4.84. The van der Waals surface area contributed by atoms with Gasteiger partial charge in [-0.25, -0.2) is 0 Å². The predicted molar refractivity (Wildman–Crippen MR) is 80.7 cm³/mol. The molecule has 0 aliphatic heterocycles. The smallest absolute Gasteiger partial charge is 0.150 e. The van der Waals surface area contributed by atoms with Crippen molar-refractivity contribution in [1.29, 1.82) is 0 Å². The van der Waals surface area contributed by atoms with Crippen molar-refractivity contribution in [2.45, 2.75) is 33.1 Å². The van der Waals surface area contributed by atoms with Gasteiger partial charge in [-0.2, -0.15) is 0 Å². The third-order valence-corrected chi connectivity index (χ3v) is 3.25. The van der Waals surface area contributed by atoms with Crippen LogP contribution in [0.4, 0.5) is 5.69 Å². The zero-order valence-corrected chi connectivity index (χ0v) is 11.6. The Kier molecular flexibility index (Phi) is 4.45. The minimum atomic E-state index is 0.706. The summed E-state index contributed by atoms with van der Waals surface area (Å²) in [7, 11) is 0. The van der Waals surface area contributed by atoms with Crippen LogP contribution in [0.1, 0.15) is 30.9 Å². The van der Waals surface area contributed by atoms with Gasteiger partial charge < -0.3 is 10.5 Å². The molecule has 2 rings (SSSR count). The van der Waals surface area contributed by atoms with E-state index in [2.05, 4.69) is 19.1 Å². The van der Waals surface area contributed by atoms with E-state index in [4.69, 9.17) is 10.5 Å². The fourth-order valence-corrected chi connectivity index (χ4v) is 1.97. The van der Waals surface area contributed by atoms with Gasteiger partial charge in [0, 0.05) is 0 Å². The number of aryl methyl sites for hydroxylation is 2. The van der Waals surface area contributed by atoms with Crippen molar-refractivity contribution in [3.8, 4) is 11.5 Å². The van der Waals surface area contributed by atoms with E-state index >= 15 is 0 Å². The molecule has 100 valence electrons. The number of para-hydroxylation sites is 1. The summed E-state index contributed by atoms with van der Waals surface area (Å²) in [5.41, 5.74) is 9.10. The molecule has 0 unspecified atom stereocenters. The highest BCUT2D eigenvalue weighted by molar-refractivity contribution is 5.59. The molecule has 0 bridgehead atoms. The van der Waals surface area contributed by atoms with Gasteiger partial charge in [0.05, 0.1) is 5.69 Å². The monoisotopic (exact) mass is 255 g/mol. The molecule has 0 atom stereocenters. The van der Waals surface area contributed by atoms with Crippen molar-refractivity contribution in [2.75, 3.05) is 5.73 Å². The van der Waals surface area contributed by atoms with Crippen molar-refractivity contribution in [3.05, 3.63) is 53.6 Å². The van der Waals surface area contributed by atoms with Crippen LogP contribution in [0, 0.1) is 6.92 Å². The van der Waals surface area contributed by atoms with Crippen LogP contribution in [-0.2, 0) is 6.42 Å². The minimum absolute atomic E-state index is 0.706. The quantitative estimate of drug-likeness (QED) is 0.785. The molecule has 2 heteroatoms. The Morgan fingerprint density at radius 1 is 1.05 bits per heavy atom. The molecular weight excluding hydrogens is 234 g/mol. The zero-order valence-electron chi connectivity index (χ0n) is 11.6. The summed E-state index contributed by atoms with van der Waals surface area (Å²) in [5.74, 6) is 1.55. The van der Waals surface area contributed by atoms with E-state index in [-0.39, 0.29) is 0 Å². The van der Waals surface area contributed by atoms with Crippen molar-refractivity contribution in [3.63, 3.8) is 0 Å². The molecular formula is C17H21NO. The second-order valence-corrected chi connectivity index (χ2v) is 4.84. The lowest BCUT2D eigenvalue weighted by molar-refractivity contribution is 0.484. The molecule has 0 spiro atoms. The average molecular weight is 255 g/mol. The molecule has 0 heterocycles. The number of benzene rings is 2. The first kappa shape index (κ1) is 13.5. The molecule has 0 aliphatic carbocycles. The molecule has 2 N–H and O–H groups in total. The molecule has 19 heavy (non-hydrogen) atoms.